The van der Waals surface area contributed by atoms with Crippen LogP contribution >= 0.6 is 0 Å². The Balaban J connectivity index is 1.40. The van der Waals surface area contributed by atoms with Crippen molar-refractivity contribution < 1.29 is 38.2 Å². The first-order valence-electron chi connectivity index (χ1n) is 18.1. The monoisotopic (exact) mass is 750 g/mol. The van der Waals surface area contributed by atoms with E-state index in [2.05, 4.69) is 26.3 Å². The molecule has 4 N–H and O–H groups in total. The molecule has 2 aliphatic rings. The van der Waals surface area contributed by atoms with Crippen LogP contribution < -0.4 is 35.5 Å². The third-order valence-electron chi connectivity index (χ3n) is 9.02. The first-order valence-corrected chi connectivity index (χ1v) is 18.1. The van der Waals surface area contributed by atoms with Crippen LogP contribution in [0.25, 0.3) is 0 Å². The molecule has 14 nitrogen and oxygen atoms in total. The normalized spacial score (nSPS) is 17.6. The first kappa shape index (κ1) is 39.8. The van der Waals surface area contributed by atoms with E-state index in [-0.39, 0.29) is 37.9 Å². The number of pyridine rings is 1. The zero-order chi connectivity index (χ0) is 39.2. The molecule has 5 amide bonds. The highest BCUT2D eigenvalue weighted by Gasteiger charge is 2.27. The molecule has 1 aromatic heterocycles. The van der Waals surface area contributed by atoms with Crippen molar-refractivity contribution in [2.75, 3.05) is 33.9 Å². The number of hydrogen-bond acceptors (Lipinski definition) is 9. The quantitative estimate of drug-likeness (QED) is 0.214. The number of carbonyl (C=O) groups excluding carboxylic acids is 5. The van der Waals surface area contributed by atoms with Crippen LogP contribution in [-0.2, 0) is 27.3 Å². The maximum atomic E-state index is 13.7. The fraction of sp³-hybridized carbons (Fsp3) is 0.317. The Kier molecular flexibility index (Phi) is 14.2. The number of methoxy groups -OCH3 is 2. The molecule has 0 saturated carbocycles. The van der Waals surface area contributed by atoms with Crippen LogP contribution in [0.5, 0.6) is 23.0 Å². The van der Waals surface area contributed by atoms with Gasteiger partial charge in [0.05, 0.1) is 20.8 Å². The van der Waals surface area contributed by atoms with Crippen LogP contribution in [0.3, 0.4) is 0 Å². The van der Waals surface area contributed by atoms with Gasteiger partial charge >= 0.3 is 0 Å². The minimum absolute atomic E-state index is 0.0803. The highest BCUT2D eigenvalue weighted by molar-refractivity contribution is 5.97. The fourth-order valence-corrected chi connectivity index (χ4v) is 5.97. The second-order valence-electron chi connectivity index (χ2n) is 13.0. The summed E-state index contributed by atoms with van der Waals surface area (Å²) in [6, 6.07) is 20.6. The van der Waals surface area contributed by atoms with Gasteiger partial charge in [-0.15, -0.1) is 0 Å². The molecule has 2 aliphatic heterocycles. The van der Waals surface area contributed by atoms with Gasteiger partial charge in [-0.1, -0.05) is 30.3 Å². The highest BCUT2D eigenvalue weighted by atomic mass is 16.5. The lowest BCUT2D eigenvalue weighted by atomic mass is 10.0. The Labute approximate surface area is 319 Å². The number of amides is 5. The lowest BCUT2D eigenvalue weighted by Crippen LogP contribution is -2.54. The Hall–Kier alpha value is -6.44. The van der Waals surface area contributed by atoms with E-state index in [1.54, 1.807) is 55.5 Å². The lowest BCUT2D eigenvalue weighted by molar-refractivity contribution is -0.132. The summed E-state index contributed by atoms with van der Waals surface area (Å²) in [6.45, 7) is 1.81. The van der Waals surface area contributed by atoms with E-state index in [4.69, 9.17) is 14.2 Å². The predicted molar refractivity (Wildman–Crippen MR) is 204 cm³/mol. The summed E-state index contributed by atoms with van der Waals surface area (Å²) in [5.74, 6) is -0.701. The van der Waals surface area contributed by atoms with Crippen molar-refractivity contribution in [1.82, 2.24) is 31.2 Å². The van der Waals surface area contributed by atoms with Crippen molar-refractivity contribution >= 4 is 29.5 Å². The number of nitrogens with one attached hydrogen (secondary N) is 4. The number of aryl methyl sites for hydroxylation is 1. The van der Waals surface area contributed by atoms with Crippen LogP contribution in [0, 0.1) is 0 Å². The summed E-state index contributed by atoms with van der Waals surface area (Å²) in [6.07, 6.45) is 4.67. The SMILES string of the molecule is COc1cc2ccc1CNC(=O)[C@H](C)NC(=O)[C@H](CCc1ccccc1)NC(=O)CN(C(=O)c1ccncc1)CCCCNC(=O)c1ccc(OC)c(c1)O2. The van der Waals surface area contributed by atoms with Crippen molar-refractivity contribution in [3.8, 4) is 23.0 Å². The lowest BCUT2D eigenvalue weighted by Gasteiger charge is -2.25. The Morgan fingerprint density at radius 2 is 1.62 bits per heavy atom. The molecule has 4 aromatic rings. The number of fused-ring (bicyclic) bond motifs is 18. The largest absolute Gasteiger partial charge is 0.496 e. The van der Waals surface area contributed by atoms with Gasteiger partial charge in [-0.25, -0.2) is 0 Å². The van der Waals surface area contributed by atoms with Crippen molar-refractivity contribution in [2.24, 2.45) is 0 Å². The van der Waals surface area contributed by atoms with E-state index in [1.165, 1.54) is 31.5 Å². The maximum absolute atomic E-state index is 13.7. The Bertz CT molecular complexity index is 1960. The number of hydrogen-bond donors (Lipinski definition) is 4. The van der Waals surface area contributed by atoms with E-state index in [9.17, 15) is 24.0 Å². The number of rotatable bonds is 6. The summed E-state index contributed by atoms with van der Waals surface area (Å²) >= 11 is 0. The minimum atomic E-state index is -1.00. The molecule has 0 aliphatic carbocycles. The molecule has 3 aromatic carbocycles. The van der Waals surface area contributed by atoms with Crippen LogP contribution in [0.4, 0.5) is 0 Å². The van der Waals surface area contributed by atoms with Gasteiger partial charge in [-0.2, -0.15) is 0 Å². The number of aromatic nitrogens is 1. The van der Waals surface area contributed by atoms with Crippen LogP contribution in [-0.4, -0.2) is 85.4 Å². The van der Waals surface area contributed by atoms with Gasteiger partial charge in [0.15, 0.2) is 11.5 Å². The molecule has 2 atom stereocenters. The van der Waals surface area contributed by atoms with Gasteiger partial charge in [-0.05, 0) is 80.6 Å². The average molecular weight is 751 g/mol. The van der Waals surface area contributed by atoms with Gasteiger partial charge in [0.25, 0.3) is 11.8 Å². The van der Waals surface area contributed by atoms with E-state index >= 15 is 0 Å². The summed E-state index contributed by atoms with van der Waals surface area (Å²) in [7, 11) is 2.99. The average Bonchev–Trinajstić information content (AvgIpc) is 3.20. The molecule has 288 valence electrons. The minimum Gasteiger partial charge on any atom is -0.496 e. The van der Waals surface area contributed by atoms with Crippen molar-refractivity contribution in [1.29, 1.82) is 0 Å². The van der Waals surface area contributed by atoms with Crippen LogP contribution in [0.1, 0.15) is 58.0 Å². The van der Waals surface area contributed by atoms with E-state index in [0.29, 0.717) is 65.5 Å². The van der Waals surface area contributed by atoms with Crippen LogP contribution in [0.15, 0.2) is 91.3 Å². The van der Waals surface area contributed by atoms with Gasteiger partial charge in [0, 0.05) is 54.8 Å². The van der Waals surface area contributed by atoms with Gasteiger partial charge < -0.3 is 40.4 Å². The number of ether oxygens (including phenoxy) is 3. The third-order valence-corrected chi connectivity index (χ3v) is 9.02. The van der Waals surface area contributed by atoms with Crippen molar-refractivity contribution in [3.63, 3.8) is 0 Å². The molecule has 0 fully saturated rings. The Morgan fingerprint density at radius 1 is 0.855 bits per heavy atom. The third kappa shape index (κ3) is 11.3. The van der Waals surface area contributed by atoms with Crippen molar-refractivity contribution in [2.45, 2.75) is 51.2 Å². The van der Waals surface area contributed by atoms with E-state index in [1.807, 2.05) is 30.3 Å². The Morgan fingerprint density at radius 3 is 2.36 bits per heavy atom. The van der Waals surface area contributed by atoms with Crippen molar-refractivity contribution in [3.05, 3.63) is 114 Å². The second-order valence-corrected chi connectivity index (χ2v) is 13.0. The highest BCUT2D eigenvalue weighted by Crippen LogP contribution is 2.35. The molecular weight excluding hydrogens is 704 g/mol. The molecule has 4 bridgehead atoms. The predicted octanol–water partition coefficient (Wildman–Crippen LogP) is 3.80. The topological polar surface area (TPSA) is 177 Å². The van der Waals surface area contributed by atoms with Gasteiger partial charge in [0.2, 0.25) is 17.7 Å². The number of benzene rings is 3. The summed E-state index contributed by atoms with van der Waals surface area (Å²) in [5.41, 5.74) is 2.31. The summed E-state index contributed by atoms with van der Waals surface area (Å²) in [5, 5.41) is 11.3. The molecule has 3 heterocycles. The smallest absolute Gasteiger partial charge is 0.254 e. The van der Waals surface area contributed by atoms with Gasteiger partial charge in [-0.3, -0.25) is 29.0 Å². The second kappa shape index (κ2) is 19.6. The van der Waals surface area contributed by atoms with E-state index in [0.717, 1.165) is 5.56 Å². The molecule has 0 unspecified atom stereocenters. The zero-order valence-corrected chi connectivity index (χ0v) is 31.1. The molecule has 0 radical (unpaired) electrons. The van der Waals surface area contributed by atoms with Gasteiger partial charge in [0.1, 0.15) is 23.6 Å². The molecule has 0 spiro atoms. The maximum Gasteiger partial charge on any atom is 0.254 e. The summed E-state index contributed by atoms with van der Waals surface area (Å²) in [4.78, 5) is 72.7. The van der Waals surface area contributed by atoms with Crippen LogP contribution in [0.2, 0.25) is 0 Å². The van der Waals surface area contributed by atoms with E-state index < -0.39 is 29.8 Å². The molecule has 55 heavy (non-hydrogen) atoms. The first-order chi connectivity index (χ1) is 26.6. The number of carbonyl (C=O) groups is 5. The molecule has 6 rings (SSSR count). The fourth-order valence-electron chi connectivity index (χ4n) is 5.97. The number of nitrogens with zero attached hydrogens (tertiary/aromatic N) is 2. The molecule has 0 saturated heterocycles. The zero-order valence-electron chi connectivity index (χ0n) is 31.1. The summed E-state index contributed by atoms with van der Waals surface area (Å²) < 4.78 is 17.2. The molecular formula is C41H46N6O8. The standard InChI is InChI=1S/C41H46N6O8/c1-27-38(49)44-25-31-12-14-32(24-35(31)54-3)55-36-23-30(13-16-34(36)53-2)39(50)43-19-7-8-22-47(41(52)29-17-20-42-21-18-29)26-37(48)46-33(40(51)45-27)15-11-28-9-5-4-6-10-28/h4-6,9-10,12-14,16-18,20-21,23-24,27,33H,7-8,11,15,19,22,25-26H2,1-3H3,(H,43,50)(H,44,49)(H,45,51)(H,46,48)/t27-,33-/m0/s1. The molecule has 14 heteroatoms.